The molecule has 0 unspecified atom stereocenters. The molecule has 0 bridgehead atoms. The molecule has 0 aliphatic carbocycles. The second kappa shape index (κ2) is 6.02. The number of nitrogens with one attached hydrogen (secondary N) is 1. The Balaban J connectivity index is 2.28. The molecule has 2 rings (SSSR count). The molecule has 0 aliphatic heterocycles. The van der Waals surface area contributed by atoms with Crippen molar-refractivity contribution in [1.82, 2.24) is 5.32 Å². The second-order valence-corrected chi connectivity index (χ2v) is 5.78. The monoisotopic (exact) mass is 303 g/mol. The summed E-state index contributed by atoms with van der Waals surface area (Å²) in [5.74, 6) is -0.563. The molecular weight excluding hydrogens is 292 g/mol. The minimum Gasteiger partial charge on any atom is -0.312 e. The van der Waals surface area contributed by atoms with E-state index in [1.165, 1.54) is 4.88 Å². The smallest absolute Gasteiger partial charge is 0.160 e. The first-order valence-electron chi connectivity index (χ1n) is 5.56. The van der Waals surface area contributed by atoms with Crippen molar-refractivity contribution in [2.75, 3.05) is 6.54 Å². The van der Waals surface area contributed by atoms with Gasteiger partial charge in [-0.2, -0.15) is 0 Å². The van der Waals surface area contributed by atoms with Crippen molar-refractivity contribution in [3.05, 3.63) is 45.0 Å². The van der Waals surface area contributed by atoms with Crippen molar-refractivity contribution in [3.8, 4) is 10.4 Å². The molecule has 96 valence electrons. The highest BCUT2D eigenvalue weighted by molar-refractivity contribution is 7.15. The van der Waals surface area contributed by atoms with Gasteiger partial charge in [-0.25, -0.2) is 4.39 Å². The molecular formula is C13H12Cl2FNS. The molecule has 18 heavy (non-hydrogen) atoms. The van der Waals surface area contributed by atoms with E-state index in [1.54, 1.807) is 23.5 Å². The Morgan fingerprint density at radius 2 is 1.89 bits per heavy atom. The van der Waals surface area contributed by atoms with Crippen LogP contribution in [0.3, 0.4) is 0 Å². The largest absolute Gasteiger partial charge is 0.312 e. The van der Waals surface area contributed by atoms with Gasteiger partial charge in [0.25, 0.3) is 0 Å². The quantitative estimate of drug-likeness (QED) is 0.786. The Morgan fingerprint density at radius 3 is 2.50 bits per heavy atom. The maximum Gasteiger partial charge on any atom is 0.160 e. The molecule has 2 aromatic rings. The molecule has 0 spiro atoms. The van der Waals surface area contributed by atoms with Gasteiger partial charge in [0, 0.05) is 16.3 Å². The maximum absolute atomic E-state index is 13.3. The summed E-state index contributed by atoms with van der Waals surface area (Å²) in [6.45, 7) is 3.83. The predicted molar refractivity (Wildman–Crippen MR) is 77.1 cm³/mol. The average Bonchev–Trinajstić information content (AvgIpc) is 2.81. The Labute approximate surface area is 120 Å². The predicted octanol–water partition coefficient (Wildman–Crippen LogP) is 4.97. The van der Waals surface area contributed by atoms with Gasteiger partial charge in [0.2, 0.25) is 0 Å². The zero-order valence-electron chi connectivity index (χ0n) is 9.77. The van der Waals surface area contributed by atoms with Gasteiger partial charge in [0.05, 0.1) is 10.0 Å². The molecule has 1 N–H and O–H groups in total. The lowest BCUT2D eigenvalue weighted by atomic mass is 10.2. The van der Waals surface area contributed by atoms with Crippen molar-refractivity contribution in [2.24, 2.45) is 0 Å². The van der Waals surface area contributed by atoms with E-state index in [0.29, 0.717) is 0 Å². The van der Waals surface area contributed by atoms with Gasteiger partial charge in [-0.1, -0.05) is 30.1 Å². The summed E-state index contributed by atoms with van der Waals surface area (Å²) in [4.78, 5) is 2.26. The Kier molecular flexibility index (Phi) is 4.62. The average molecular weight is 304 g/mol. The van der Waals surface area contributed by atoms with Gasteiger partial charge in [0.15, 0.2) is 5.82 Å². The maximum atomic E-state index is 13.3. The molecule has 0 aliphatic rings. The van der Waals surface area contributed by atoms with Crippen molar-refractivity contribution in [2.45, 2.75) is 13.5 Å². The van der Waals surface area contributed by atoms with Crippen molar-refractivity contribution >= 4 is 34.5 Å². The molecule has 0 atom stereocenters. The summed E-state index contributed by atoms with van der Waals surface area (Å²) >= 11 is 13.2. The topological polar surface area (TPSA) is 12.0 Å². The first-order valence-corrected chi connectivity index (χ1v) is 7.13. The van der Waals surface area contributed by atoms with Crippen LogP contribution in [0.2, 0.25) is 10.0 Å². The van der Waals surface area contributed by atoms with Gasteiger partial charge in [-0.05, 0) is 36.4 Å². The minimum atomic E-state index is -0.563. The first kappa shape index (κ1) is 13.8. The lowest BCUT2D eigenvalue weighted by Crippen LogP contribution is -2.10. The fourth-order valence-corrected chi connectivity index (χ4v) is 3.03. The standard InChI is InChI=1S/C13H12Cl2FNS/c1-2-17-7-9-3-4-12(18-9)8-5-10(14)13(16)11(15)6-8/h3-6,17H,2,7H2,1H3. The molecule has 0 amide bonds. The van der Waals surface area contributed by atoms with Crippen molar-refractivity contribution in [1.29, 1.82) is 0 Å². The van der Waals surface area contributed by atoms with E-state index in [2.05, 4.69) is 12.2 Å². The van der Waals surface area contributed by atoms with Gasteiger partial charge in [0.1, 0.15) is 0 Å². The molecule has 1 aromatic carbocycles. The zero-order chi connectivity index (χ0) is 13.1. The number of rotatable bonds is 4. The van der Waals surface area contributed by atoms with Gasteiger partial charge < -0.3 is 5.32 Å². The summed E-state index contributed by atoms with van der Waals surface area (Å²) in [5.41, 5.74) is 0.846. The number of hydrogen-bond acceptors (Lipinski definition) is 2. The molecule has 1 aromatic heterocycles. The van der Waals surface area contributed by atoms with Gasteiger partial charge in [-0.15, -0.1) is 11.3 Å². The molecule has 1 nitrogen and oxygen atoms in total. The number of thiophene rings is 1. The van der Waals surface area contributed by atoms with Gasteiger partial charge >= 0.3 is 0 Å². The van der Waals surface area contributed by atoms with E-state index < -0.39 is 5.82 Å². The Hall–Kier alpha value is -0.610. The van der Waals surface area contributed by atoms with Crippen LogP contribution >= 0.6 is 34.5 Å². The van der Waals surface area contributed by atoms with Crippen LogP contribution in [-0.2, 0) is 6.54 Å². The second-order valence-electron chi connectivity index (χ2n) is 3.80. The zero-order valence-corrected chi connectivity index (χ0v) is 12.1. The third-order valence-electron chi connectivity index (χ3n) is 2.48. The molecule has 0 radical (unpaired) electrons. The molecule has 1 heterocycles. The molecule has 0 saturated carbocycles. The lowest BCUT2D eigenvalue weighted by Gasteiger charge is -2.02. The van der Waals surface area contributed by atoms with Crippen LogP contribution in [0.4, 0.5) is 4.39 Å². The first-order chi connectivity index (χ1) is 8.61. The summed E-state index contributed by atoms with van der Waals surface area (Å²) in [6, 6.07) is 7.25. The summed E-state index contributed by atoms with van der Waals surface area (Å²) in [5, 5.41) is 3.37. The number of hydrogen-bond donors (Lipinski definition) is 1. The van der Waals surface area contributed by atoms with Crippen LogP contribution in [0.1, 0.15) is 11.8 Å². The highest BCUT2D eigenvalue weighted by atomic mass is 35.5. The van der Waals surface area contributed by atoms with E-state index >= 15 is 0 Å². The minimum absolute atomic E-state index is 0.0548. The van der Waals surface area contributed by atoms with E-state index in [9.17, 15) is 4.39 Å². The SMILES string of the molecule is CCNCc1ccc(-c2cc(Cl)c(F)c(Cl)c2)s1. The molecule has 5 heteroatoms. The highest BCUT2D eigenvalue weighted by Gasteiger charge is 2.10. The van der Waals surface area contributed by atoms with Crippen LogP contribution in [0.15, 0.2) is 24.3 Å². The summed E-state index contributed by atoms with van der Waals surface area (Å²) in [7, 11) is 0. The van der Waals surface area contributed by atoms with Crippen LogP contribution in [0, 0.1) is 5.82 Å². The van der Waals surface area contributed by atoms with Gasteiger partial charge in [-0.3, -0.25) is 0 Å². The summed E-state index contributed by atoms with van der Waals surface area (Å²) < 4.78 is 13.3. The van der Waals surface area contributed by atoms with Crippen molar-refractivity contribution < 1.29 is 4.39 Å². The van der Waals surface area contributed by atoms with E-state index in [-0.39, 0.29) is 10.0 Å². The van der Waals surface area contributed by atoms with Crippen LogP contribution < -0.4 is 5.32 Å². The van der Waals surface area contributed by atoms with Crippen molar-refractivity contribution in [3.63, 3.8) is 0 Å². The number of benzene rings is 1. The van der Waals surface area contributed by atoms with Crippen LogP contribution in [-0.4, -0.2) is 6.54 Å². The third kappa shape index (κ3) is 3.04. The summed E-state index contributed by atoms with van der Waals surface area (Å²) in [6.07, 6.45) is 0. The molecule has 0 fully saturated rings. The number of halogens is 3. The Morgan fingerprint density at radius 1 is 1.22 bits per heavy atom. The van der Waals surface area contributed by atoms with Crippen LogP contribution in [0.25, 0.3) is 10.4 Å². The van der Waals surface area contributed by atoms with E-state index in [4.69, 9.17) is 23.2 Å². The van der Waals surface area contributed by atoms with E-state index in [1.807, 2.05) is 12.1 Å². The fourth-order valence-electron chi connectivity index (χ4n) is 1.57. The normalized spacial score (nSPS) is 10.9. The highest BCUT2D eigenvalue weighted by Crippen LogP contribution is 2.34. The van der Waals surface area contributed by atoms with E-state index in [0.717, 1.165) is 23.5 Å². The lowest BCUT2D eigenvalue weighted by molar-refractivity contribution is 0.629. The fraction of sp³-hybridized carbons (Fsp3) is 0.231. The third-order valence-corrected chi connectivity index (χ3v) is 4.16. The Bertz CT molecular complexity index is 531. The molecule has 0 saturated heterocycles. The van der Waals surface area contributed by atoms with Crippen LogP contribution in [0.5, 0.6) is 0 Å².